The Morgan fingerprint density at radius 1 is 0.857 bits per heavy atom. The van der Waals surface area contributed by atoms with Gasteiger partial charge in [-0.3, -0.25) is 4.65 Å². The fraction of sp³-hybridized carbons (Fsp3) is 0.419. The Kier molecular flexibility index (Phi) is 5.52. The van der Waals surface area contributed by atoms with Gasteiger partial charge in [0.25, 0.3) is 0 Å². The Morgan fingerprint density at radius 3 is 2.06 bits per heavy atom. The molecule has 6 rings (SSSR count). The summed E-state index contributed by atoms with van der Waals surface area (Å²) in [5.74, 6) is 3.08. The molecule has 35 heavy (non-hydrogen) atoms. The number of aryl methyl sites for hydroxylation is 2. The third kappa shape index (κ3) is 3.79. The average molecular weight is 470 g/mol. The number of benzene rings is 3. The number of fused-ring (bicyclic) bond motifs is 1. The number of quaternary nitrogens is 1. The first-order valence-corrected chi connectivity index (χ1v) is 13.0. The van der Waals surface area contributed by atoms with Crippen molar-refractivity contribution in [1.29, 1.82) is 0 Å². The number of nitrogens with zero attached hydrogens (tertiary/aromatic N) is 1. The Bertz CT molecular complexity index is 1150. The molecule has 4 nitrogen and oxygen atoms in total. The normalized spacial score (nSPS) is 29.0. The molecule has 3 aliphatic carbocycles. The number of rotatable bonds is 7. The highest BCUT2D eigenvalue weighted by Gasteiger charge is 2.67. The van der Waals surface area contributed by atoms with Gasteiger partial charge in [-0.2, -0.15) is 0 Å². The van der Waals surface area contributed by atoms with Crippen molar-refractivity contribution in [2.24, 2.45) is 23.2 Å². The van der Waals surface area contributed by atoms with Gasteiger partial charge in [-0.05, 0) is 73.8 Å². The maximum Gasteiger partial charge on any atom is 0.189 e. The van der Waals surface area contributed by atoms with Crippen molar-refractivity contribution >= 4 is 17.1 Å². The van der Waals surface area contributed by atoms with Crippen molar-refractivity contribution in [2.45, 2.75) is 52.6 Å². The van der Waals surface area contributed by atoms with Crippen LogP contribution >= 0.6 is 0 Å². The van der Waals surface area contributed by atoms with E-state index in [4.69, 9.17) is 9.47 Å². The molecule has 3 aliphatic rings. The molecule has 2 bridgehead atoms. The summed E-state index contributed by atoms with van der Waals surface area (Å²) in [6.07, 6.45) is 5.71. The zero-order valence-corrected chi connectivity index (χ0v) is 20.9. The summed E-state index contributed by atoms with van der Waals surface area (Å²) >= 11 is 0. The van der Waals surface area contributed by atoms with E-state index in [0.717, 1.165) is 28.7 Å². The third-order valence-electron chi connectivity index (χ3n) is 8.75. The monoisotopic (exact) mass is 469 g/mol. The number of hydrogen-bond donors (Lipinski definition) is 0. The molecule has 3 aromatic carbocycles. The van der Waals surface area contributed by atoms with Crippen molar-refractivity contribution in [3.05, 3.63) is 89.1 Å². The largest absolute Gasteiger partial charge is 0.616 e. The van der Waals surface area contributed by atoms with E-state index in [-0.39, 0.29) is 6.79 Å². The van der Waals surface area contributed by atoms with E-state index in [1.165, 1.54) is 25.7 Å². The molecule has 0 N–H and O–H groups in total. The van der Waals surface area contributed by atoms with Crippen molar-refractivity contribution < 1.29 is 9.47 Å². The molecule has 0 saturated heterocycles. The summed E-state index contributed by atoms with van der Waals surface area (Å²) in [7, 11) is 0. The van der Waals surface area contributed by atoms with Gasteiger partial charge in [0.15, 0.2) is 6.79 Å². The number of ether oxygens (including phenoxy) is 2. The van der Waals surface area contributed by atoms with E-state index in [2.05, 4.69) is 6.92 Å². The van der Waals surface area contributed by atoms with Crippen LogP contribution in [0.2, 0.25) is 0 Å². The summed E-state index contributed by atoms with van der Waals surface area (Å²) in [5.41, 5.74) is 4.52. The average Bonchev–Trinajstić information content (AvgIpc) is 3.48. The standard InChI is InChI=1S/C31H35NO3/c1-21-14-24-18-31(17-21)19-28(31)30(24)35-20-34-29-22(2)15-27(16-23(29)3)32(33,25-10-6-4-7-11-25)26-12-8-5-9-13-26/h4-13,15-16,21,24,28,30H,14,17-20H2,1-3H3. The first-order valence-electron chi connectivity index (χ1n) is 13.0. The molecule has 1 spiro atoms. The fourth-order valence-electron chi connectivity index (χ4n) is 7.36. The second-order valence-electron chi connectivity index (χ2n) is 11.3. The topological polar surface area (TPSA) is 41.5 Å². The van der Waals surface area contributed by atoms with Gasteiger partial charge in [-0.25, -0.2) is 0 Å². The molecular weight excluding hydrogens is 434 g/mol. The molecule has 0 heterocycles. The molecule has 5 atom stereocenters. The van der Waals surface area contributed by atoms with Crippen LogP contribution < -0.4 is 9.38 Å². The van der Waals surface area contributed by atoms with E-state index >= 15 is 0 Å². The Labute approximate surface area is 208 Å². The maximum atomic E-state index is 14.6. The fourth-order valence-corrected chi connectivity index (χ4v) is 7.36. The van der Waals surface area contributed by atoms with Gasteiger partial charge >= 0.3 is 0 Å². The van der Waals surface area contributed by atoms with Gasteiger partial charge in [-0.15, -0.1) is 0 Å². The molecular formula is C31H35NO3. The first kappa shape index (κ1) is 22.8. The summed E-state index contributed by atoms with van der Waals surface area (Å²) in [5, 5.41) is 14.6. The van der Waals surface area contributed by atoms with Gasteiger partial charge < -0.3 is 14.7 Å². The van der Waals surface area contributed by atoms with Gasteiger partial charge in [-0.1, -0.05) is 43.3 Å². The van der Waals surface area contributed by atoms with Crippen LogP contribution in [-0.2, 0) is 4.74 Å². The number of para-hydroxylation sites is 2. The van der Waals surface area contributed by atoms with E-state index in [9.17, 15) is 5.21 Å². The lowest BCUT2D eigenvalue weighted by molar-refractivity contribution is -0.0650. The van der Waals surface area contributed by atoms with Crippen LogP contribution in [0.25, 0.3) is 0 Å². The van der Waals surface area contributed by atoms with Crippen LogP contribution in [0.15, 0.2) is 72.8 Å². The van der Waals surface area contributed by atoms with Gasteiger partial charge in [0, 0.05) is 36.4 Å². The minimum Gasteiger partial charge on any atom is -0.616 e. The maximum absolute atomic E-state index is 14.6. The van der Waals surface area contributed by atoms with Crippen LogP contribution in [0.5, 0.6) is 5.75 Å². The minimum atomic E-state index is -0.647. The molecule has 3 fully saturated rings. The predicted molar refractivity (Wildman–Crippen MR) is 141 cm³/mol. The first-order chi connectivity index (χ1) is 16.9. The van der Waals surface area contributed by atoms with Crippen LogP contribution in [-0.4, -0.2) is 12.9 Å². The second-order valence-corrected chi connectivity index (χ2v) is 11.3. The molecule has 0 aromatic heterocycles. The van der Waals surface area contributed by atoms with E-state index in [1.54, 1.807) is 0 Å². The Balaban J connectivity index is 1.24. The van der Waals surface area contributed by atoms with Crippen molar-refractivity contribution in [2.75, 3.05) is 6.79 Å². The summed E-state index contributed by atoms with van der Waals surface area (Å²) < 4.78 is 11.9. The van der Waals surface area contributed by atoms with Crippen LogP contribution in [0, 0.1) is 42.2 Å². The lowest BCUT2D eigenvalue weighted by Crippen LogP contribution is -2.31. The predicted octanol–water partition coefficient (Wildman–Crippen LogP) is 7.95. The lowest BCUT2D eigenvalue weighted by Gasteiger charge is -2.41. The SMILES string of the molecule is Cc1cc([N+]([O-])(c2ccccc2)c2ccccc2)cc(C)c1OCOC1C2CC(C)CC3(C2)CC13. The van der Waals surface area contributed by atoms with E-state index in [1.807, 2.05) is 86.6 Å². The minimum absolute atomic E-state index is 0.276. The van der Waals surface area contributed by atoms with E-state index < -0.39 is 4.65 Å². The molecule has 4 heteroatoms. The van der Waals surface area contributed by atoms with Crippen LogP contribution in [0.3, 0.4) is 0 Å². The zero-order valence-electron chi connectivity index (χ0n) is 20.9. The van der Waals surface area contributed by atoms with Crippen LogP contribution in [0.1, 0.15) is 43.7 Å². The molecule has 3 aromatic rings. The highest BCUT2D eigenvalue weighted by molar-refractivity contribution is 5.73. The van der Waals surface area contributed by atoms with Crippen molar-refractivity contribution in [1.82, 2.24) is 4.65 Å². The highest BCUT2D eigenvalue weighted by Crippen LogP contribution is 2.72. The summed E-state index contributed by atoms with van der Waals surface area (Å²) in [6, 6.07) is 23.1. The molecule has 0 aliphatic heterocycles. The highest BCUT2D eigenvalue weighted by atomic mass is 16.7. The molecule has 182 valence electrons. The molecule has 3 saturated carbocycles. The third-order valence-corrected chi connectivity index (χ3v) is 8.75. The van der Waals surface area contributed by atoms with Crippen LogP contribution in [0.4, 0.5) is 17.1 Å². The van der Waals surface area contributed by atoms with Gasteiger partial charge in [0.1, 0.15) is 22.8 Å². The molecule has 0 amide bonds. The lowest BCUT2D eigenvalue weighted by atomic mass is 9.77. The quantitative estimate of drug-likeness (QED) is 0.200. The van der Waals surface area contributed by atoms with Gasteiger partial charge in [0.2, 0.25) is 0 Å². The molecule has 0 radical (unpaired) electrons. The van der Waals surface area contributed by atoms with Crippen molar-refractivity contribution in [3.8, 4) is 5.75 Å². The Morgan fingerprint density at radius 2 is 1.46 bits per heavy atom. The molecule has 5 unspecified atom stereocenters. The smallest absolute Gasteiger partial charge is 0.189 e. The van der Waals surface area contributed by atoms with Gasteiger partial charge in [0.05, 0.1) is 6.10 Å². The van der Waals surface area contributed by atoms with E-state index in [0.29, 0.717) is 34.5 Å². The number of hydrogen-bond acceptors (Lipinski definition) is 3. The van der Waals surface area contributed by atoms with Crippen molar-refractivity contribution in [3.63, 3.8) is 0 Å². The summed E-state index contributed by atoms with van der Waals surface area (Å²) in [6.45, 7) is 6.71. The summed E-state index contributed by atoms with van der Waals surface area (Å²) in [4.78, 5) is 0. The second kappa shape index (κ2) is 8.48. The zero-order chi connectivity index (χ0) is 24.2. The Hall–Kier alpha value is -2.66.